The van der Waals surface area contributed by atoms with E-state index in [-0.39, 0.29) is 66.2 Å². The van der Waals surface area contributed by atoms with Gasteiger partial charge in [-0.1, -0.05) is 0 Å². The zero-order valence-corrected chi connectivity index (χ0v) is 22.2. The summed E-state index contributed by atoms with van der Waals surface area (Å²) in [6.07, 6.45) is 8.80. The zero-order chi connectivity index (χ0) is 25.7. The van der Waals surface area contributed by atoms with Gasteiger partial charge < -0.3 is 9.47 Å². The van der Waals surface area contributed by atoms with Gasteiger partial charge in [-0.3, -0.25) is 35.7 Å². The summed E-state index contributed by atoms with van der Waals surface area (Å²) >= 11 is 0. The van der Waals surface area contributed by atoms with Crippen LogP contribution >= 0.6 is 0 Å². The van der Waals surface area contributed by atoms with Crippen molar-refractivity contribution in [2.24, 2.45) is 29.6 Å². The molecular formula is C28H44N4O5. The average molecular weight is 517 g/mol. The lowest BCUT2D eigenvalue weighted by atomic mass is 9.61. The molecule has 12 atom stereocenters. The van der Waals surface area contributed by atoms with Crippen molar-refractivity contribution >= 4 is 17.7 Å². The van der Waals surface area contributed by atoms with Crippen LogP contribution in [0.25, 0.3) is 0 Å². The second-order valence-electron chi connectivity index (χ2n) is 12.3. The third-order valence-corrected chi connectivity index (χ3v) is 10.5. The number of rotatable bonds is 4. The van der Waals surface area contributed by atoms with Crippen molar-refractivity contribution in [3.05, 3.63) is 0 Å². The van der Waals surface area contributed by atoms with Gasteiger partial charge in [0, 0.05) is 36.0 Å². The first-order valence-electron chi connectivity index (χ1n) is 14.9. The molecule has 2 saturated carbocycles. The predicted octanol–water partition coefficient (Wildman–Crippen LogP) is 1.25. The fraction of sp³-hybridized carbons (Fsp3) is 0.893. The monoisotopic (exact) mass is 516 g/mol. The average Bonchev–Trinajstić information content (AvgIpc) is 2.92. The van der Waals surface area contributed by atoms with Crippen molar-refractivity contribution in [2.75, 3.05) is 13.2 Å². The predicted molar refractivity (Wildman–Crippen MR) is 136 cm³/mol. The number of hydrogen-bond acceptors (Lipinski definition) is 9. The van der Waals surface area contributed by atoms with Crippen LogP contribution in [-0.2, 0) is 23.9 Å². The lowest BCUT2D eigenvalue weighted by Crippen LogP contribution is -2.76. The van der Waals surface area contributed by atoms with Gasteiger partial charge in [-0.25, -0.2) is 0 Å². The molecule has 0 amide bonds. The van der Waals surface area contributed by atoms with Gasteiger partial charge >= 0.3 is 11.9 Å². The standard InChI is InChI=1S/C28H44N4O5/c1-3-36-27(34)19-11-8-14-5-6-16-13-18-25(33)17-10-7-15-9-12-20(28(35)37-4-2)30-22(15)24(17)32-26(18)31-23(16)21(14)29-19/h14-24,26,29-32H,3-13H2,1-2H3. The minimum atomic E-state index is -0.288. The molecule has 4 saturated heterocycles. The number of carbonyl (C=O) groups is 3. The molecule has 206 valence electrons. The molecule has 12 unspecified atom stereocenters. The summed E-state index contributed by atoms with van der Waals surface area (Å²) in [5.41, 5.74) is 0. The molecule has 0 aromatic rings. The summed E-state index contributed by atoms with van der Waals surface area (Å²) in [6, 6.07) is 0.0580. The van der Waals surface area contributed by atoms with Crippen LogP contribution in [-0.4, -0.2) is 73.4 Å². The highest BCUT2D eigenvalue weighted by Crippen LogP contribution is 2.46. The number of Topliss-reactive ketones (excluding diaryl/α,β-unsaturated/α-hetero) is 1. The van der Waals surface area contributed by atoms with E-state index in [9.17, 15) is 14.4 Å². The quantitative estimate of drug-likeness (QED) is 0.410. The summed E-state index contributed by atoms with van der Waals surface area (Å²) < 4.78 is 10.6. The SMILES string of the molecule is CCOC(=O)C1CCC2CCC3CC4C(=O)C5CCC6CCC(C(=O)OCC)NC6C5NC4NC3C2N1. The highest BCUT2D eigenvalue weighted by Gasteiger charge is 2.56. The van der Waals surface area contributed by atoms with Crippen molar-refractivity contribution in [3.8, 4) is 0 Å². The van der Waals surface area contributed by atoms with Crippen molar-refractivity contribution < 1.29 is 23.9 Å². The van der Waals surface area contributed by atoms with Gasteiger partial charge in [0.05, 0.1) is 19.4 Å². The van der Waals surface area contributed by atoms with Crippen LogP contribution < -0.4 is 21.3 Å². The molecule has 37 heavy (non-hydrogen) atoms. The van der Waals surface area contributed by atoms with E-state index >= 15 is 0 Å². The number of fused-ring (bicyclic) bond motifs is 7. The molecule has 0 aromatic heterocycles. The van der Waals surface area contributed by atoms with Crippen molar-refractivity contribution in [1.29, 1.82) is 0 Å². The molecule has 9 heteroatoms. The van der Waals surface area contributed by atoms with Crippen molar-refractivity contribution in [2.45, 2.75) is 114 Å². The zero-order valence-electron chi connectivity index (χ0n) is 22.2. The number of hydrogen-bond donors (Lipinski definition) is 4. The van der Waals surface area contributed by atoms with E-state index in [1.807, 2.05) is 13.8 Å². The molecule has 6 rings (SSSR count). The molecular weight excluding hydrogens is 472 g/mol. The molecule has 0 spiro atoms. The lowest BCUT2D eigenvalue weighted by molar-refractivity contribution is -0.148. The van der Waals surface area contributed by atoms with Gasteiger partial charge in [-0.15, -0.1) is 0 Å². The second kappa shape index (κ2) is 10.5. The Morgan fingerprint density at radius 3 is 1.76 bits per heavy atom. The first-order chi connectivity index (χ1) is 18.0. The molecule has 4 heterocycles. The van der Waals surface area contributed by atoms with Crippen molar-refractivity contribution in [1.82, 2.24) is 21.3 Å². The van der Waals surface area contributed by atoms with E-state index in [4.69, 9.17) is 9.47 Å². The van der Waals surface area contributed by atoms with Crippen LogP contribution in [0.1, 0.15) is 71.6 Å². The first-order valence-corrected chi connectivity index (χ1v) is 14.9. The Morgan fingerprint density at radius 2 is 1.14 bits per heavy atom. The molecule has 4 aliphatic heterocycles. The van der Waals surface area contributed by atoms with Gasteiger partial charge in [-0.05, 0) is 89.4 Å². The van der Waals surface area contributed by atoms with E-state index in [2.05, 4.69) is 21.3 Å². The molecule has 6 aliphatic rings. The minimum Gasteiger partial charge on any atom is -0.465 e. The maximum Gasteiger partial charge on any atom is 0.323 e. The smallest absolute Gasteiger partial charge is 0.323 e. The van der Waals surface area contributed by atoms with Gasteiger partial charge in [0.1, 0.15) is 17.9 Å². The van der Waals surface area contributed by atoms with E-state index in [1.54, 1.807) is 0 Å². The minimum absolute atomic E-state index is 0.00614. The Kier molecular flexibility index (Phi) is 7.33. The van der Waals surface area contributed by atoms with Crippen LogP contribution in [0, 0.1) is 29.6 Å². The number of ketones is 1. The van der Waals surface area contributed by atoms with Crippen LogP contribution in [0.5, 0.6) is 0 Å². The van der Waals surface area contributed by atoms with Crippen molar-refractivity contribution in [3.63, 3.8) is 0 Å². The molecule has 0 bridgehead atoms. The summed E-state index contributed by atoms with van der Waals surface area (Å²) in [6.45, 7) is 4.49. The molecule has 9 nitrogen and oxygen atoms in total. The van der Waals surface area contributed by atoms with Crippen LogP contribution in [0.15, 0.2) is 0 Å². The highest BCUT2D eigenvalue weighted by atomic mass is 16.5. The summed E-state index contributed by atoms with van der Waals surface area (Å²) in [4.78, 5) is 38.9. The number of nitrogens with one attached hydrogen (secondary N) is 4. The summed E-state index contributed by atoms with van der Waals surface area (Å²) in [5.74, 6) is 1.55. The molecule has 0 aromatic carbocycles. The van der Waals surface area contributed by atoms with Crippen LogP contribution in [0.2, 0.25) is 0 Å². The van der Waals surface area contributed by atoms with Gasteiger partial charge in [-0.2, -0.15) is 0 Å². The first kappa shape index (κ1) is 25.7. The maximum atomic E-state index is 13.9. The fourth-order valence-electron chi connectivity index (χ4n) is 8.80. The molecule has 0 radical (unpaired) electrons. The maximum absolute atomic E-state index is 13.9. The topological polar surface area (TPSA) is 118 Å². The number of ether oxygens (including phenoxy) is 2. The Labute approximate surface area is 219 Å². The van der Waals surface area contributed by atoms with Crippen LogP contribution in [0.3, 0.4) is 0 Å². The molecule has 2 aliphatic carbocycles. The normalized spacial score (nSPS) is 46.8. The van der Waals surface area contributed by atoms with E-state index < -0.39 is 0 Å². The summed E-state index contributed by atoms with van der Waals surface area (Å²) in [7, 11) is 0. The summed E-state index contributed by atoms with van der Waals surface area (Å²) in [5, 5.41) is 15.1. The van der Waals surface area contributed by atoms with E-state index in [0.29, 0.717) is 36.8 Å². The number of esters is 2. The van der Waals surface area contributed by atoms with Gasteiger partial charge in [0.15, 0.2) is 0 Å². The largest absolute Gasteiger partial charge is 0.465 e. The second-order valence-corrected chi connectivity index (χ2v) is 12.3. The van der Waals surface area contributed by atoms with Crippen LogP contribution in [0.4, 0.5) is 0 Å². The Bertz CT molecular complexity index is 898. The van der Waals surface area contributed by atoms with Gasteiger partial charge in [0.25, 0.3) is 0 Å². The molecule has 6 fully saturated rings. The Balaban J connectivity index is 1.18. The fourth-order valence-corrected chi connectivity index (χ4v) is 8.80. The lowest BCUT2D eigenvalue weighted by Gasteiger charge is -2.58. The van der Waals surface area contributed by atoms with E-state index in [0.717, 1.165) is 57.8 Å². The Morgan fingerprint density at radius 1 is 0.649 bits per heavy atom. The number of piperidine rings is 4. The molecule has 4 N–H and O–H groups in total. The third kappa shape index (κ3) is 4.64. The highest BCUT2D eigenvalue weighted by molar-refractivity contribution is 5.86. The number of carbonyl (C=O) groups excluding carboxylic acids is 3. The van der Waals surface area contributed by atoms with Gasteiger partial charge in [0.2, 0.25) is 0 Å². The van der Waals surface area contributed by atoms with E-state index in [1.165, 1.54) is 0 Å². The third-order valence-electron chi connectivity index (χ3n) is 10.5. The Hall–Kier alpha value is -1.55.